The molecule has 0 aliphatic rings. The van der Waals surface area contributed by atoms with E-state index < -0.39 is 0 Å². The van der Waals surface area contributed by atoms with Crippen LogP contribution in [0.3, 0.4) is 0 Å². The quantitative estimate of drug-likeness (QED) is 0.0732. The van der Waals surface area contributed by atoms with Gasteiger partial charge in [0.2, 0.25) is 0 Å². The van der Waals surface area contributed by atoms with Crippen molar-refractivity contribution < 1.29 is 77.4 Å². The average Bonchev–Trinajstić information content (AvgIpc) is 1.62. The van der Waals surface area contributed by atoms with E-state index >= 15 is 0 Å². The molecule has 0 radical (unpaired) electrons. The summed E-state index contributed by atoms with van der Waals surface area (Å²) in [5.74, 6) is 3.29. The van der Waals surface area contributed by atoms with Crippen molar-refractivity contribution in [3.8, 4) is 103 Å². The Morgan fingerprint density at radius 2 is 0.360 bits per heavy atom. The third kappa shape index (κ3) is 16.5. The van der Waals surface area contributed by atoms with Gasteiger partial charge in [-0.05, 0) is 119 Å². The minimum Gasteiger partial charge on any atom is -0.509 e. The molecular weight excluding hydrogens is 2410 g/mol. The molecule has 0 atom stereocenters. The minimum atomic E-state index is 0. The fraction of sp³-hybridized carbons (Fsp3) is 0. The molecule has 0 saturated carbocycles. The van der Waals surface area contributed by atoms with Crippen LogP contribution in [0.2, 0.25) is 0 Å². The smallest absolute Gasteiger partial charge is 0.509 e. The second-order valence-electron chi connectivity index (χ2n) is 35.3. The molecule has 0 aliphatic carbocycles. The van der Waals surface area contributed by atoms with Crippen molar-refractivity contribution in [2.24, 2.45) is 0 Å². The van der Waals surface area contributed by atoms with Gasteiger partial charge in [-0.25, -0.2) is 9.97 Å². The molecule has 0 aliphatic heterocycles. The van der Waals surface area contributed by atoms with E-state index in [2.05, 4.69) is 274 Å². The van der Waals surface area contributed by atoms with E-state index in [0.717, 1.165) is 167 Å². The van der Waals surface area contributed by atoms with Crippen LogP contribution in [0.25, 0.3) is 199 Å². The molecule has 0 saturated heterocycles. The van der Waals surface area contributed by atoms with Gasteiger partial charge in [-0.2, -0.15) is 67.0 Å². The number of fused-ring (bicyclic) bond motifs is 18. The zero-order chi connectivity index (χ0) is 96.9. The monoisotopic (exact) mass is 2480 g/mol. The summed E-state index contributed by atoms with van der Waals surface area (Å²) in [6.07, 6.45) is 34.2. The van der Waals surface area contributed by atoms with Gasteiger partial charge in [-0.15, -0.1) is 109 Å². The molecule has 0 amide bonds. The van der Waals surface area contributed by atoms with Gasteiger partial charge in [0.15, 0.2) is 0 Å². The third-order valence-corrected chi connectivity index (χ3v) is 26.6. The summed E-state index contributed by atoms with van der Waals surface area (Å²) in [4.78, 5) is 18.2. The van der Waals surface area contributed by atoms with E-state index in [9.17, 15) is 0 Å². The molecule has 0 unspecified atom stereocenters. The third-order valence-electron chi connectivity index (χ3n) is 26.6. The average molecular weight is 2480 g/mol. The minimum absolute atomic E-state index is 0. The fourth-order valence-corrected chi connectivity index (χ4v) is 20.2. The van der Waals surface area contributed by atoms with Crippen LogP contribution in [0.5, 0.6) is 34.5 Å². The van der Waals surface area contributed by atoms with E-state index in [-0.39, 0.29) is 63.2 Å². The van der Waals surface area contributed by atoms with Crippen LogP contribution in [0.4, 0.5) is 0 Å². The van der Waals surface area contributed by atoms with Crippen molar-refractivity contribution in [1.82, 2.24) is 106 Å². The first-order valence-electron chi connectivity index (χ1n) is 47.7. The molecule has 0 spiro atoms. The number of hydrogen-bond donors (Lipinski definition) is 0. The predicted octanol–water partition coefficient (Wildman–Crippen LogP) is 26.5. The van der Waals surface area contributed by atoms with Gasteiger partial charge in [0, 0.05) is 124 Å². The number of pyridine rings is 4. The molecule has 30 rings (SSSR count). The number of rotatable bonds is 18. The molecule has 0 bridgehead atoms. The Labute approximate surface area is 897 Å². The Balaban J connectivity index is 0.000000115. The molecular formula is C122H74N22O3Pt3. The number of benzene rings is 14. The van der Waals surface area contributed by atoms with Gasteiger partial charge in [-0.3, -0.25) is 47.2 Å². The standard InChI is InChI=1S/C42H26N6O.2C40H24N8O.3Pt/c1-5-19-39-35(15-1)36-16-2-6-20-40(36)47(39)31-25-43-45(27-31)29-11-9-13-33(23-29)49-34-14-10-12-30(24-34)46-28-32(26-44-46)48-41-21-7-3-17-37(41)38-18-4-8-22-42(38)48;1-3-17-37-33(13-1)35-15-7-19-41-39(35)47(37)29-23-43-45(25-29)27-9-5-11-31(21-27)49-32-12-6-10-28(22-32)46-26-30(24-44-46)48-38-18-4-2-14-34(38)36-16-8-20-42-40(36)48;1-3-13-37-33(11-1)35-15-17-41-23-39(35)47(37)29-21-43-45(25-29)27-7-5-9-31(19-27)49-32-10-6-8-28(20-32)46-26-30(22-44-46)48-38-14-4-2-12-34(38)36-16-18-42-24-40(36)48;;;/h1-22,25-28H;1-20,23-26H;1-18,21-26H;;;/q3*-2;3*+2. The summed E-state index contributed by atoms with van der Waals surface area (Å²) in [5, 5.41) is 42.1. The Kier molecular flexibility index (Phi) is 24.0. The van der Waals surface area contributed by atoms with Crippen LogP contribution in [-0.4, -0.2) is 106 Å². The van der Waals surface area contributed by atoms with E-state index in [1.165, 1.54) is 32.3 Å². The van der Waals surface area contributed by atoms with Gasteiger partial charge in [-0.1, -0.05) is 146 Å². The maximum Gasteiger partial charge on any atom is 2.00 e. The van der Waals surface area contributed by atoms with Gasteiger partial charge < -0.3 is 32.5 Å². The first-order chi connectivity index (χ1) is 72.8. The summed E-state index contributed by atoms with van der Waals surface area (Å²) in [5.41, 5.74) is 22.8. The molecule has 16 heterocycles. The van der Waals surface area contributed by atoms with E-state index in [1.807, 2.05) is 291 Å². The number of hydrogen-bond acceptors (Lipinski definition) is 13. The molecule has 16 aromatic heterocycles. The SMILES string of the molecule is [Pt+2].[Pt+2].[Pt+2].[c-]1c(Oc2[c-]c(-n3cc(-n4c5ccccc5c5ccccc54)cn3)ccc2)cccc1-n1cc(-n2c3ccccc3c3ccccc32)cn1.[c-]1c(Oc2[c-]c(-n3cc(-n4c5ccccc5c5cccnc54)cn3)ccc2)cccc1-n1cc(-n2c3ccccc3c3cccnc32)cn1.[c-]1c(Oc2[c-]c(-n3cc(-n4c5ccccc5c5ccncc54)cn3)ccc2)cccc1-n1cc(-n2c3ccccc3c3ccncc32)cn1. The Hall–Kier alpha value is -18.8. The Morgan fingerprint density at radius 3 is 0.600 bits per heavy atom. The van der Waals surface area contributed by atoms with Gasteiger partial charge in [0.25, 0.3) is 0 Å². The zero-order valence-electron chi connectivity index (χ0n) is 78.7. The predicted molar refractivity (Wildman–Crippen MR) is 572 cm³/mol. The van der Waals surface area contributed by atoms with Crippen molar-refractivity contribution in [1.29, 1.82) is 0 Å². The van der Waals surface area contributed by atoms with Crippen molar-refractivity contribution in [2.75, 3.05) is 0 Å². The van der Waals surface area contributed by atoms with Gasteiger partial charge >= 0.3 is 63.2 Å². The van der Waals surface area contributed by atoms with Crippen molar-refractivity contribution in [3.05, 3.63) is 488 Å². The molecule has 0 N–H and O–H groups in total. The van der Waals surface area contributed by atoms with Crippen molar-refractivity contribution >= 4 is 131 Å². The topological polar surface area (TPSA) is 216 Å². The maximum absolute atomic E-state index is 6.29. The van der Waals surface area contributed by atoms with Crippen LogP contribution in [0.1, 0.15) is 0 Å². The first kappa shape index (κ1) is 92.3. The zero-order valence-corrected chi connectivity index (χ0v) is 85.6. The Bertz CT molecular complexity index is 8550. The molecule has 0 fully saturated rings. The summed E-state index contributed by atoms with van der Waals surface area (Å²) in [7, 11) is 0. The largest absolute Gasteiger partial charge is 2.00 e. The van der Waals surface area contributed by atoms with E-state index in [4.69, 9.17) is 24.4 Å². The molecule has 150 heavy (non-hydrogen) atoms. The first-order valence-corrected chi connectivity index (χ1v) is 47.7. The van der Waals surface area contributed by atoms with Crippen LogP contribution in [0, 0.1) is 36.4 Å². The Morgan fingerprint density at radius 1 is 0.167 bits per heavy atom. The van der Waals surface area contributed by atoms with Crippen LogP contribution in [-0.2, 0) is 63.2 Å². The summed E-state index contributed by atoms with van der Waals surface area (Å²) in [6.45, 7) is 0. The van der Waals surface area contributed by atoms with Crippen molar-refractivity contribution in [3.63, 3.8) is 0 Å². The number of nitrogens with zero attached hydrogens (tertiary/aromatic N) is 22. The molecule has 30 aromatic rings. The molecule has 720 valence electrons. The van der Waals surface area contributed by atoms with E-state index in [0.29, 0.717) is 34.5 Å². The maximum atomic E-state index is 6.29. The van der Waals surface area contributed by atoms with Crippen LogP contribution in [0.15, 0.2) is 451 Å². The summed E-state index contributed by atoms with van der Waals surface area (Å²) < 4.78 is 42.8. The number of aromatic nitrogens is 22. The molecule has 25 nitrogen and oxygen atoms in total. The second-order valence-corrected chi connectivity index (χ2v) is 35.3. The number of ether oxygens (including phenoxy) is 3. The molecule has 14 aromatic carbocycles. The summed E-state index contributed by atoms with van der Waals surface area (Å²) in [6, 6.07) is 134. The second kappa shape index (κ2) is 39.0. The van der Waals surface area contributed by atoms with Gasteiger partial charge in [0.05, 0.1) is 176 Å². The van der Waals surface area contributed by atoms with Crippen molar-refractivity contribution in [2.45, 2.75) is 0 Å². The normalized spacial score (nSPS) is 11.4. The van der Waals surface area contributed by atoms with E-state index in [1.54, 1.807) is 18.7 Å². The van der Waals surface area contributed by atoms with Crippen LogP contribution >= 0.6 is 0 Å². The van der Waals surface area contributed by atoms with Crippen LogP contribution < -0.4 is 14.2 Å². The number of para-hydroxylation sites is 8. The molecule has 28 heteroatoms. The summed E-state index contributed by atoms with van der Waals surface area (Å²) >= 11 is 0. The van der Waals surface area contributed by atoms with Gasteiger partial charge in [0.1, 0.15) is 11.3 Å². The fourth-order valence-electron chi connectivity index (χ4n) is 20.2.